The van der Waals surface area contributed by atoms with Crippen molar-refractivity contribution in [1.82, 2.24) is 0 Å². The summed E-state index contributed by atoms with van der Waals surface area (Å²) in [7, 11) is 0. The number of carbonyl (C=O) groups excluding carboxylic acids is 3. The normalized spacial score (nSPS) is 13.5. The standard InChI is InChI=1S/C65H98O6/c1-4-7-10-13-16-19-22-25-27-29-31-32-34-35-37-40-43-46-49-52-55-58-64(67)70-61-62(60-69-63(66)57-54-51-48-45-42-39-24-21-18-15-12-9-6-3)71-65(68)59-56-53-50-47-44-41-38-36-33-30-28-26-23-20-17-14-11-8-5-2/h7-12,16-21,25-28,31-33,35-37,39,41-44,46,62H,4-6,13-15,22-24,29-30,34,38,40,45,47-61H2,1-3H3/b10-7-,11-8-,12-9-,19-16-,20-17-,21-18-,27-25-,28-26-,32-31-,36-33-,37-35-,42-39-,44-41-,46-43-. The fourth-order valence-electron chi connectivity index (χ4n) is 6.66. The summed E-state index contributed by atoms with van der Waals surface area (Å²) in [5, 5.41) is 0. The summed E-state index contributed by atoms with van der Waals surface area (Å²) in [4.78, 5) is 38.1. The van der Waals surface area contributed by atoms with E-state index in [1.807, 2.05) is 0 Å². The number of esters is 3. The Hall–Kier alpha value is -5.23. The fraction of sp³-hybridized carbons (Fsp3) is 0.523. The molecule has 6 nitrogen and oxygen atoms in total. The highest BCUT2D eigenvalue weighted by Gasteiger charge is 2.19. The van der Waals surface area contributed by atoms with Crippen LogP contribution in [-0.4, -0.2) is 37.2 Å². The minimum atomic E-state index is -0.836. The molecule has 71 heavy (non-hydrogen) atoms. The summed E-state index contributed by atoms with van der Waals surface area (Å²) in [5.41, 5.74) is 0. The molecule has 0 aromatic heterocycles. The van der Waals surface area contributed by atoms with Crippen LogP contribution >= 0.6 is 0 Å². The number of unbranched alkanes of at least 4 members (excludes halogenated alkanes) is 8. The summed E-state index contributed by atoms with van der Waals surface area (Å²) >= 11 is 0. The zero-order valence-corrected chi connectivity index (χ0v) is 44.9. The fourth-order valence-corrected chi connectivity index (χ4v) is 6.66. The zero-order chi connectivity index (χ0) is 51.4. The molecule has 0 aliphatic heterocycles. The van der Waals surface area contributed by atoms with Gasteiger partial charge in [0.05, 0.1) is 0 Å². The molecule has 0 aromatic carbocycles. The summed E-state index contributed by atoms with van der Waals surface area (Å²) in [6.07, 6.45) is 84.9. The maximum atomic E-state index is 12.8. The molecule has 0 saturated heterocycles. The number of ether oxygens (including phenoxy) is 3. The lowest BCUT2D eigenvalue weighted by Crippen LogP contribution is -2.30. The van der Waals surface area contributed by atoms with E-state index in [2.05, 4.69) is 191 Å². The van der Waals surface area contributed by atoms with E-state index < -0.39 is 6.10 Å². The van der Waals surface area contributed by atoms with Gasteiger partial charge in [-0.05, 0) is 148 Å². The van der Waals surface area contributed by atoms with Crippen LogP contribution in [0.3, 0.4) is 0 Å². The first kappa shape index (κ1) is 65.8. The summed E-state index contributed by atoms with van der Waals surface area (Å²) in [5.74, 6) is -1.05. The lowest BCUT2D eigenvalue weighted by molar-refractivity contribution is -0.167. The molecule has 0 radical (unpaired) electrons. The topological polar surface area (TPSA) is 78.9 Å². The smallest absolute Gasteiger partial charge is 0.306 e. The van der Waals surface area contributed by atoms with Crippen molar-refractivity contribution >= 4 is 17.9 Å². The van der Waals surface area contributed by atoms with E-state index >= 15 is 0 Å². The molecule has 1 atom stereocenters. The maximum Gasteiger partial charge on any atom is 0.306 e. The second-order valence-corrected chi connectivity index (χ2v) is 17.3. The third kappa shape index (κ3) is 55.6. The Balaban J connectivity index is 4.59. The van der Waals surface area contributed by atoms with Crippen LogP contribution in [0.25, 0.3) is 0 Å². The largest absolute Gasteiger partial charge is 0.462 e. The van der Waals surface area contributed by atoms with Crippen LogP contribution in [0.1, 0.15) is 201 Å². The van der Waals surface area contributed by atoms with Crippen LogP contribution in [0.5, 0.6) is 0 Å². The Kier molecular flexibility index (Phi) is 53.1. The summed E-state index contributed by atoms with van der Waals surface area (Å²) in [6.45, 7) is 6.18. The van der Waals surface area contributed by atoms with Gasteiger partial charge < -0.3 is 14.2 Å². The van der Waals surface area contributed by atoms with Crippen molar-refractivity contribution in [1.29, 1.82) is 0 Å². The van der Waals surface area contributed by atoms with Crippen molar-refractivity contribution < 1.29 is 28.6 Å². The van der Waals surface area contributed by atoms with Crippen molar-refractivity contribution in [2.75, 3.05) is 13.2 Å². The Bertz CT molecular complexity index is 1690. The van der Waals surface area contributed by atoms with Crippen molar-refractivity contribution in [3.63, 3.8) is 0 Å². The van der Waals surface area contributed by atoms with Crippen LogP contribution in [0.2, 0.25) is 0 Å². The highest BCUT2D eigenvalue weighted by atomic mass is 16.6. The van der Waals surface area contributed by atoms with E-state index in [-0.39, 0.29) is 44.0 Å². The summed E-state index contributed by atoms with van der Waals surface area (Å²) in [6, 6.07) is 0. The van der Waals surface area contributed by atoms with Gasteiger partial charge in [0.25, 0.3) is 0 Å². The van der Waals surface area contributed by atoms with Crippen molar-refractivity contribution in [3.8, 4) is 0 Å². The van der Waals surface area contributed by atoms with Crippen LogP contribution < -0.4 is 0 Å². The van der Waals surface area contributed by atoms with Gasteiger partial charge >= 0.3 is 17.9 Å². The molecule has 0 fully saturated rings. The van der Waals surface area contributed by atoms with E-state index in [9.17, 15) is 14.4 Å². The van der Waals surface area contributed by atoms with Crippen LogP contribution in [0.15, 0.2) is 170 Å². The molecule has 0 N–H and O–H groups in total. The van der Waals surface area contributed by atoms with Crippen LogP contribution in [0.4, 0.5) is 0 Å². The molecule has 0 amide bonds. The molecule has 0 aliphatic carbocycles. The predicted octanol–water partition coefficient (Wildman–Crippen LogP) is 18.8. The van der Waals surface area contributed by atoms with Gasteiger partial charge in [-0.1, -0.05) is 204 Å². The van der Waals surface area contributed by atoms with Gasteiger partial charge in [0.1, 0.15) is 13.2 Å². The van der Waals surface area contributed by atoms with Gasteiger partial charge in [0, 0.05) is 19.3 Å². The molecule has 0 rings (SSSR count). The van der Waals surface area contributed by atoms with Gasteiger partial charge in [-0.15, -0.1) is 0 Å². The van der Waals surface area contributed by atoms with Gasteiger partial charge in [-0.2, -0.15) is 0 Å². The van der Waals surface area contributed by atoms with E-state index in [1.54, 1.807) is 0 Å². The predicted molar refractivity (Wildman–Crippen MR) is 306 cm³/mol. The third-order valence-corrected chi connectivity index (χ3v) is 10.7. The van der Waals surface area contributed by atoms with Gasteiger partial charge in [-0.25, -0.2) is 0 Å². The number of hydrogen-bond donors (Lipinski definition) is 0. The monoisotopic (exact) mass is 975 g/mol. The first-order valence-electron chi connectivity index (χ1n) is 27.6. The molecule has 1 unspecified atom stereocenters. The minimum Gasteiger partial charge on any atom is -0.462 e. The van der Waals surface area contributed by atoms with E-state index in [0.29, 0.717) is 19.3 Å². The Labute approximate surface area is 434 Å². The molecule has 394 valence electrons. The van der Waals surface area contributed by atoms with Gasteiger partial charge in [0.15, 0.2) is 6.10 Å². The molecule has 6 heteroatoms. The average molecular weight is 975 g/mol. The molecule has 0 aliphatic rings. The maximum absolute atomic E-state index is 12.8. The first-order valence-corrected chi connectivity index (χ1v) is 27.6. The van der Waals surface area contributed by atoms with Gasteiger partial charge in [0.2, 0.25) is 0 Å². The zero-order valence-electron chi connectivity index (χ0n) is 44.9. The highest BCUT2D eigenvalue weighted by molar-refractivity contribution is 5.71. The number of carbonyl (C=O) groups is 3. The Morgan fingerprint density at radius 1 is 0.282 bits per heavy atom. The highest BCUT2D eigenvalue weighted by Crippen LogP contribution is 2.11. The van der Waals surface area contributed by atoms with Crippen LogP contribution in [0, 0.1) is 0 Å². The Morgan fingerprint density at radius 3 is 0.789 bits per heavy atom. The van der Waals surface area contributed by atoms with Crippen molar-refractivity contribution in [3.05, 3.63) is 170 Å². The van der Waals surface area contributed by atoms with E-state index in [4.69, 9.17) is 14.2 Å². The van der Waals surface area contributed by atoms with Gasteiger partial charge in [-0.3, -0.25) is 14.4 Å². The van der Waals surface area contributed by atoms with E-state index in [0.717, 1.165) is 148 Å². The SMILES string of the molecule is CC/C=C\C/C=C\C/C=C\C/C=C\C/C=C\C/C=C\CCCCC(=O)OCC(COC(=O)CCCCC/C=C\C/C=C\C/C=C\CC)OC(=O)CCCCC/C=C\C/C=C\C/C=C\C/C=C\C/C=C\CC. The third-order valence-electron chi connectivity index (χ3n) is 10.7. The molecular weight excluding hydrogens is 877 g/mol. The number of allylic oxidation sites excluding steroid dienone is 28. The van der Waals surface area contributed by atoms with E-state index in [1.165, 1.54) is 0 Å². The quantitative estimate of drug-likeness (QED) is 0.0262. The van der Waals surface area contributed by atoms with Crippen LogP contribution in [-0.2, 0) is 28.6 Å². The second kappa shape index (κ2) is 57.3. The molecule has 0 aromatic rings. The summed E-state index contributed by atoms with van der Waals surface area (Å²) < 4.78 is 16.7. The van der Waals surface area contributed by atoms with Crippen molar-refractivity contribution in [2.45, 2.75) is 207 Å². The second-order valence-electron chi connectivity index (χ2n) is 17.3. The number of hydrogen-bond acceptors (Lipinski definition) is 6. The lowest BCUT2D eigenvalue weighted by atomic mass is 10.1. The molecule has 0 saturated carbocycles. The molecular formula is C65H98O6. The molecule has 0 bridgehead atoms. The molecule has 0 spiro atoms. The first-order chi connectivity index (χ1) is 35.0. The average Bonchev–Trinajstić information content (AvgIpc) is 3.37. The Morgan fingerprint density at radius 2 is 0.507 bits per heavy atom. The van der Waals surface area contributed by atoms with Crippen molar-refractivity contribution in [2.24, 2.45) is 0 Å². The minimum absolute atomic E-state index is 0.130. The molecule has 0 heterocycles. The number of rotatable bonds is 47. The lowest BCUT2D eigenvalue weighted by Gasteiger charge is -2.18.